The Balaban J connectivity index is 2.56. The van der Waals surface area contributed by atoms with Gasteiger partial charge in [-0.2, -0.15) is 0 Å². The summed E-state index contributed by atoms with van der Waals surface area (Å²) in [4.78, 5) is 0. The predicted molar refractivity (Wildman–Crippen MR) is 90.3 cm³/mol. The third-order valence-corrected chi connectivity index (χ3v) is 4.45. The van der Waals surface area contributed by atoms with E-state index in [1.165, 1.54) is 0 Å². The summed E-state index contributed by atoms with van der Waals surface area (Å²) in [6.45, 7) is 4.41. The molecule has 0 aliphatic heterocycles. The first-order chi connectivity index (χ1) is 9.81. The minimum Gasteiger partial charge on any atom is -0.496 e. The van der Waals surface area contributed by atoms with Crippen molar-refractivity contribution in [2.75, 3.05) is 13.7 Å². The van der Waals surface area contributed by atoms with Crippen LogP contribution in [0.3, 0.4) is 0 Å². The highest BCUT2D eigenvalue weighted by Crippen LogP contribution is 2.36. The van der Waals surface area contributed by atoms with Gasteiger partial charge in [-0.1, -0.05) is 19.0 Å². The van der Waals surface area contributed by atoms with Crippen LogP contribution in [0.2, 0.25) is 0 Å². The van der Waals surface area contributed by atoms with Crippen molar-refractivity contribution in [2.45, 2.75) is 26.7 Å². The summed E-state index contributed by atoms with van der Waals surface area (Å²) >= 11 is 6.87. The van der Waals surface area contributed by atoms with Crippen LogP contribution in [0, 0.1) is 5.41 Å². The topological polar surface area (TPSA) is 77.1 Å². The smallest absolute Gasteiger partial charge is 0.144 e. The Labute approximate surface area is 141 Å². The summed E-state index contributed by atoms with van der Waals surface area (Å²) in [7, 11) is 1.61. The number of halogens is 2. The minimum atomic E-state index is -0.351. The van der Waals surface area contributed by atoms with Crippen molar-refractivity contribution in [3.63, 3.8) is 0 Å². The second-order valence-corrected chi connectivity index (χ2v) is 6.95. The number of hydrogen-bond acceptors (Lipinski definition) is 4. The molecular weight excluding hydrogens is 404 g/mol. The van der Waals surface area contributed by atoms with Crippen LogP contribution in [0.4, 0.5) is 0 Å². The van der Waals surface area contributed by atoms with Crippen molar-refractivity contribution >= 4 is 37.7 Å². The maximum absolute atomic E-state index is 8.73. The van der Waals surface area contributed by atoms with Gasteiger partial charge in [0.2, 0.25) is 0 Å². The van der Waals surface area contributed by atoms with Gasteiger partial charge in [0, 0.05) is 5.41 Å². The number of nitrogens with zero attached hydrogens (tertiary/aromatic N) is 1. The Kier molecular flexibility index (Phi) is 6.80. The van der Waals surface area contributed by atoms with Gasteiger partial charge in [0.1, 0.15) is 17.3 Å². The maximum atomic E-state index is 8.73. The molecule has 0 spiro atoms. The number of hydrogen-bond donors (Lipinski definition) is 2. The lowest BCUT2D eigenvalue weighted by atomic mass is 9.87. The Morgan fingerprint density at radius 2 is 1.86 bits per heavy atom. The largest absolute Gasteiger partial charge is 0.496 e. The van der Waals surface area contributed by atoms with E-state index in [4.69, 9.17) is 20.4 Å². The standard InChI is InChI=1S/C14H20Br2N2O3/c1-14(2,13(17)18-19)5-4-6-21-12-8-9(15)11(20-3)7-10(12)16/h7-8,19H,4-6H2,1-3H3,(H2,17,18). The predicted octanol–water partition coefficient (Wildman–Crippen LogP) is 4.15. The van der Waals surface area contributed by atoms with Crippen LogP contribution >= 0.6 is 31.9 Å². The van der Waals surface area contributed by atoms with E-state index in [-0.39, 0.29) is 11.3 Å². The summed E-state index contributed by atoms with van der Waals surface area (Å²) in [5.74, 6) is 1.71. The Morgan fingerprint density at radius 1 is 1.29 bits per heavy atom. The number of benzene rings is 1. The van der Waals surface area contributed by atoms with Crippen LogP contribution in [0.1, 0.15) is 26.7 Å². The molecule has 0 aliphatic carbocycles. The van der Waals surface area contributed by atoms with Crippen LogP contribution in [-0.4, -0.2) is 24.8 Å². The van der Waals surface area contributed by atoms with Gasteiger partial charge in [0.25, 0.3) is 0 Å². The molecule has 0 saturated heterocycles. The van der Waals surface area contributed by atoms with E-state index in [2.05, 4.69) is 37.0 Å². The highest BCUT2D eigenvalue weighted by molar-refractivity contribution is 9.11. The first-order valence-electron chi connectivity index (χ1n) is 6.45. The Hall–Kier alpha value is -0.950. The van der Waals surface area contributed by atoms with Gasteiger partial charge in [-0.25, -0.2) is 0 Å². The SMILES string of the molecule is COc1cc(Br)c(OCCCC(C)(C)C(N)=NO)cc1Br. The summed E-state index contributed by atoms with van der Waals surface area (Å²) in [6.07, 6.45) is 1.55. The molecule has 0 amide bonds. The normalized spacial score (nSPS) is 12.3. The van der Waals surface area contributed by atoms with Gasteiger partial charge in [-0.15, -0.1) is 0 Å². The molecule has 0 radical (unpaired) electrons. The number of amidine groups is 1. The van der Waals surface area contributed by atoms with Gasteiger partial charge in [-0.3, -0.25) is 0 Å². The number of ether oxygens (including phenoxy) is 2. The molecule has 0 saturated carbocycles. The Morgan fingerprint density at radius 3 is 2.43 bits per heavy atom. The van der Waals surface area contributed by atoms with Crippen LogP contribution in [0.15, 0.2) is 26.2 Å². The average Bonchev–Trinajstić information content (AvgIpc) is 2.45. The number of rotatable bonds is 7. The molecule has 0 bridgehead atoms. The molecule has 0 atom stereocenters. The molecule has 118 valence electrons. The number of methoxy groups -OCH3 is 1. The van der Waals surface area contributed by atoms with Crippen molar-refractivity contribution in [1.82, 2.24) is 0 Å². The van der Waals surface area contributed by atoms with Gasteiger partial charge in [-0.05, 0) is 56.8 Å². The van der Waals surface area contributed by atoms with E-state index in [0.29, 0.717) is 6.61 Å². The Bertz CT molecular complexity index is 519. The quantitative estimate of drug-likeness (QED) is 0.227. The minimum absolute atomic E-state index is 0.232. The first-order valence-corrected chi connectivity index (χ1v) is 8.04. The molecule has 0 fully saturated rings. The van der Waals surface area contributed by atoms with E-state index >= 15 is 0 Å². The highest BCUT2D eigenvalue weighted by Gasteiger charge is 2.23. The van der Waals surface area contributed by atoms with Gasteiger partial charge in [0.15, 0.2) is 0 Å². The van der Waals surface area contributed by atoms with Gasteiger partial charge < -0.3 is 20.4 Å². The van der Waals surface area contributed by atoms with Crippen molar-refractivity contribution in [3.05, 3.63) is 21.1 Å². The van der Waals surface area contributed by atoms with Gasteiger partial charge in [0.05, 0.1) is 22.7 Å². The van der Waals surface area contributed by atoms with Crippen molar-refractivity contribution in [1.29, 1.82) is 0 Å². The first kappa shape index (κ1) is 18.1. The van der Waals surface area contributed by atoms with E-state index in [1.807, 2.05) is 26.0 Å². The maximum Gasteiger partial charge on any atom is 0.144 e. The van der Waals surface area contributed by atoms with Gasteiger partial charge >= 0.3 is 0 Å². The fourth-order valence-corrected chi connectivity index (χ4v) is 2.66. The molecule has 0 heterocycles. The average molecular weight is 424 g/mol. The second-order valence-electron chi connectivity index (χ2n) is 5.24. The molecule has 0 unspecified atom stereocenters. The lowest BCUT2D eigenvalue weighted by Crippen LogP contribution is -2.32. The molecule has 5 nitrogen and oxygen atoms in total. The molecule has 7 heteroatoms. The third-order valence-electron chi connectivity index (χ3n) is 3.21. The van der Waals surface area contributed by atoms with Crippen molar-refractivity contribution in [2.24, 2.45) is 16.3 Å². The zero-order chi connectivity index (χ0) is 16.0. The third kappa shape index (κ3) is 5.07. The molecule has 0 aromatic heterocycles. The molecule has 1 rings (SSSR count). The lowest BCUT2D eigenvalue weighted by Gasteiger charge is -2.22. The van der Waals surface area contributed by atoms with Crippen LogP contribution in [0.5, 0.6) is 11.5 Å². The van der Waals surface area contributed by atoms with E-state index in [1.54, 1.807) is 7.11 Å². The van der Waals surface area contributed by atoms with E-state index in [0.717, 1.165) is 33.3 Å². The fourth-order valence-electron chi connectivity index (χ4n) is 1.74. The molecule has 0 aliphatic rings. The zero-order valence-corrected chi connectivity index (χ0v) is 15.5. The van der Waals surface area contributed by atoms with Crippen LogP contribution < -0.4 is 15.2 Å². The lowest BCUT2D eigenvalue weighted by molar-refractivity contribution is 0.276. The molecule has 1 aromatic carbocycles. The summed E-state index contributed by atoms with van der Waals surface area (Å²) in [5, 5.41) is 11.8. The van der Waals surface area contributed by atoms with Crippen molar-refractivity contribution < 1.29 is 14.7 Å². The molecular formula is C14H20Br2N2O3. The van der Waals surface area contributed by atoms with Crippen LogP contribution in [-0.2, 0) is 0 Å². The monoisotopic (exact) mass is 422 g/mol. The summed E-state index contributed by atoms with van der Waals surface area (Å²) in [6, 6.07) is 3.71. The highest BCUT2D eigenvalue weighted by atomic mass is 79.9. The summed E-state index contributed by atoms with van der Waals surface area (Å²) < 4.78 is 12.6. The number of oxime groups is 1. The van der Waals surface area contributed by atoms with Crippen LogP contribution in [0.25, 0.3) is 0 Å². The van der Waals surface area contributed by atoms with E-state index in [9.17, 15) is 0 Å². The molecule has 21 heavy (non-hydrogen) atoms. The second kappa shape index (κ2) is 7.89. The summed E-state index contributed by atoms with van der Waals surface area (Å²) in [5.41, 5.74) is 5.30. The molecule has 3 N–H and O–H groups in total. The molecule has 1 aromatic rings. The van der Waals surface area contributed by atoms with E-state index < -0.39 is 0 Å². The zero-order valence-electron chi connectivity index (χ0n) is 12.3. The van der Waals surface area contributed by atoms with Crippen molar-refractivity contribution in [3.8, 4) is 11.5 Å². The number of nitrogens with two attached hydrogens (primary N) is 1. The fraction of sp³-hybridized carbons (Fsp3) is 0.500.